The summed E-state index contributed by atoms with van der Waals surface area (Å²) in [7, 11) is 1.92. The van der Waals surface area contributed by atoms with Crippen molar-refractivity contribution in [3.8, 4) is 11.3 Å². The number of aromatic nitrogens is 2. The summed E-state index contributed by atoms with van der Waals surface area (Å²) < 4.78 is 1.80. The van der Waals surface area contributed by atoms with Gasteiger partial charge in [0.25, 0.3) is 0 Å². The van der Waals surface area contributed by atoms with Crippen molar-refractivity contribution in [2.24, 2.45) is 7.05 Å². The number of benzene rings is 2. The fraction of sp³-hybridized carbons (Fsp3) is 0.158. The molecule has 5 heteroatoms. The predicted octanol–water partition coefficient (Wildman–Crippen LogP) is 4.08. The van der Waals surface area contributed by atoms with E-state index in [1.54, 1.807) is 4.68 Å². The van der Waals surface area contributed by atoms with Crippen LogP contribution in [0.5, 0.6) is 0 Å². The van der Waals surface area contributed by atoms with Gasteiger partial charge in [0.1, 0.15) is 0 Å². The van der Waals surface area contributed by atoms with Crippen molar-refractivity contribution in [2.45, 2.75) is 13.8 Å². The van der Waals surface area contributed by atoms with E-state index in [0.717, 1.165) is 11.3 Å². The first kappa shape index (κ1) is 19.9. The molecule has 0 bridgehead atoms. The number of aliphatic hydroxyl groups excluding tert-OH is 1. The number of rotatable bonds is 2. The Bertz CT molecular complexity index is 849. The van der Waals surface area contributed by atoms with Crippen LogP contribution in [0.25, 0.3) is 22.0 Å². The minimum atomic E-state index is -0.125. The molecule has 0 amide bonds. The quantitative estimate of drug-likeness (QED) is 0.327. The van der Waals surface area contributed by atoms with E-state index in [1.807, 2.05) is 37.5 Å². The number of allylic oxidation sites excluding steroid dienone is 2. The number of aliphatic hydroxyl groups is 1. The van der Waals surface area contributed by atoms with E-state index < -0.39 is 0 Å². The molecule has 0 unspecified atom stereocenters. The molecule has 3 aromatic rings. The first-order valence-electron chi connectivity index (χ1n) is 7.24. The molecule has 3 rings (SSSR count). The van der Waals surface area contributed by atoms with E-state index in [1.165, 1.54) is 30.7 Å². The number of fused-ring (bicyclic) bond motifs is 1. The molecule has 0 saturated heterocycles. The van der Waals surface area contributed by atoms with E-state index in [2.05, 4.69) is 29.4 Å². The second-order valence-electron chi connectivity index (χ2n) is 5.25. The molecule has 1 N–H and O–H groups in total. The molecule has 0 aliphatic rings. The molecule has 0 spiro atoms. The van der Waals surface area contributed by atoms with Crippen LogP contribution in [0.4, 0.5) is 0 Å². The monoisotopic (exact) mass is 502 g/mol. The Morgan fingerprint density at radius 1 is 1.21 bits per heavy atom. The molecule has 0 aliphatic carbocycles. The molecule has 0 saturated carbocycles. The summed E-state index contributed by atoms with van der Waals surface area (Å²) in [5.41, 5.74) is 2.01. The summed E-state index contributed by atoms with van der Waals surface area (Å²) in [4.78, 5) is 10.0. The second-order valence-corrected chi connectivity index (χ2v) is 5.25. The molecular formula is C19H19N2O2Pt-. The summed E-state index contributed by atoms with van der Waals surface area (Å²) in [6, 6.07) is 17.7. The van der Waals surface area contributed by atoms with E-state index in [9.17, 15) is 4.79 Å². The van der Waals surface area contributed by atoms with Crippen LogP contribution in [0.1, 0.15) is 13.8 Å². The third-order valence-corrected chi connectivity index (χ3v) is 3.08. The van der Waals surface area contributed by atoms with Crippen LogP contribution in [0.2, 0.25) is 0 Å². The average molecular weight is 502 g/mol. The van der Waals surface area contributed by atoms with Gasteiger partial charge in [-0.25, -0.2) is 5.10 Å². The zero-order valence-electron chi connectivity index (χ0n) is 13.8. The Kier molecular flexibility index (Phi) is 7.60. The van der Waals surface area contributed by atoms with Crippen LogP contribution in [0, 0.1) is 6.07 Å². The van der Waals surface area contributed by atoms with Gasteiger partial charge in [-0.15, -0.1) is 29.1 Å². The molecule has 0 atom stereocenters. The number of hydrogen-bond acceptors (Lipinski definition) is 3. The molecule has 4 nitrogen and oxygen atoms in total. The first-order valence-corrected chi connectivity index (χ1v) is 7.24. The molecule has 1 heterocycles. The standard InChI is InChI=1S/C14H11N2.C5H8O2.Pt/c1-16-9-8-14(15-16)13-7-6-11-4-2-3-5-12(11)10-13;1-4(6)3-5(2)7;/h2-6,8-10H,1H3;3,6H,1-2H3;/q-1;;/b;4-3-;. The predicted molar refractivity (Wildman–Crippen MR) is 92.1 cm³/mol. The van der Waals surface area contributed by atoms with Gasteiger partial charge in [0.05, 0.1) is 5.76 Å². The molecule has 128 valence electrons. The number of carbonyl (C=O) groups excluding carboxylic acids is 1. The van der Waals surface area contributed by atoms with Crippen LogP contribution in [-0.4, -0.2) is 20.7 Å². The second kappa shape index (κ2) is 9.19. The third-order valence-electron chi connectivity index (χ3n) is 3.08. The van der Waals surface area contributed by atoms with Crippen molar-refractivity contribution in [3.05, 3.63) is 66.6 Å². The number of ketones is 1. The van der Waals surface area contributed by atoms with Crippen LogP contribution in [-0.2, 0) is 32.9 Å². The van der Waals surface area contributed by atoms with Crippen LogP contribution in [0.3, 0.4) is 0 Å². The zero-order valence-corrected chi connectivity index (χ0v) is 16.0. The van der Waals surface area contributed by atoms with Crippen molar-refractivity contribution in [2.75, 3.05) is 0 Å². The number of aryl methyl sites for hydroxylation is 1. The fourth-order valence-electron chi connectivity index (χ4n) is 2.13. The van der Waals surface area contributed by atoms with Crippen molar-refractivity contribution >= 4 is 16.6 Å². The molecule has 0 fully saturated rings. The Morgan fingerprint density at radius 3 is 2.38 bits per heavy atom. The summed E-state index contributed by atoms with van der Waals surface area (Å²) in [5.74, 6) is -0.0625. The first-order chi connectivity index (χ1) is 11.0. The minimum Gasteiger partial charge on any atom is -0.512 e. The topological polar surface area (TPSA) is 55.1 Å². The minimum absolute atomic E-state index is 0. The normalized spacial score (nSPS) is 10.5. The zero-order chi connectivity index (χ0) is 16.8. The van der Waals surface area contributed by atoms with Crippen molar-refractivity contribution in [1.82, 2.24) is 9.78 Å². The molecule has 2 aromatic carbocycles. The Labute approximate surface area is 156 Å². The number of hydrogen-bond donors (Lipinski definition) is 1. The van der Waals surface area contributed by atoms with Gasteiger partial charge in [-0.05, 0) is 13.8 Å². The summed E-state index contributed by atoms with van der Waals surface area (Å²) in [6.07, 6.45) is 3.11. The Balaban J connectivity index is 0.000000312. The summed E-state index contributed by atoms with van der Waals surface area (Å²) >= 11 is 0. The molecule has 24 heavy (non-hydrogen) atoms. The van der Waals surface area contributed by atoms with Gasteiger partial charge in [0.15, 0.2) is 5.78 Å². The van der Waals surface area contributed by atoms with Gasteiger partial charge in [0.2, 0.25) is 0 Å². The average Bonchev–Trinajstić information content (AvgIpc) is 2.92. The van der Waals surface area contributed by atoms with Gasteiger partial charge < -0.3 is 5.11 Å². The summed E-state index contributed by atoms with van der Waals surface area (Å²) in [5, 5.41) is 15.2. The number of nitrogens with zero attached hydrogens (tertiary/aromatic N) is 2. The van der Waals surface area contributed by atoms with Gasteiger partial charge in [-0.3, -0.25) is 9.48 Å². The maximum atomic E-state index is 10.0. The largest absolute Gasteiger partial charge is 0.512 e. The molecule has 0 radical (unpaired) electrons. The SMILES string of the molecule is CC(=O)/C=C(/C)O.Cn1ccc(-c2[c-]cc3ccccc3c2)n1.[Pt]. The van der Waals surface area contributed by atoms with Crippen molar-refractivity contribution < 1.29 is 31.0 Å². The maximum absolute atomic E-state index is 10.0. The van der Waals surface area contributed by atoms with Gasteiger partial charge in [-0.2, -0.15) is 0 Å². The van der Waals surface area contributed by atoms with Crippen LogP contribution >= 0.6 is 0 Å². The van der Waals surface area contributed by atoms with Crippen LogP contribution in [0.15, 0.2) is 60.5 Å². The third kappa shape index (κ3) is 5.78. The van der Waals surface area contributed by atoms with E-state index in [4.69, 9.17) is 5.11 Å². The van der Waals surface area contributed by atoms with Gasteiger partial charge in [0, 0.05) is 46.1 Å². The smallest absolute Gasteiger partial charge is 0.155 e. The van der Waals surface area contributed by atoms with Crippen molar-refractivity contribution in [1.29, 1.82) is 0 Å². The van der Waals surface area contributed by atoms with E-state index in [-0.39, 0.29) is 32.6 Å². The maximum Gasteiger partial charge on any atom is 0.155 e. The number of carbonyl (C=O) groups is 1. The van der Waals surface area contributed by atoms with E-state index in [0.29, 0.717) is 0 Å². The Morgan fingerprint density at radius 2 is 1.88 bits per heavy atom. The Hall–Kier alpha value is -2.19. The van der Waals surface area contributed by atoms with Gasteiger partial charge in [-0.1, -0.05) is 35.7 Å². The van der Waals surface area contributed by atoms with Gasteiger partial charge >= 0.3 is 0 Å². The van der Waals surface area contributed by atoms with E-state index >= 15 is 0 Å². The molecule has 0 aliphatic heterocycles. The van der Waals surface area contributed by atoms with Crippen molar-refractivity contribution in [3.63, 3.8) is 0 Å². The fourth-order valence-corrected chi connectivity index (χ4v) is 2.13. The molecule has 1 aromatic heterocycles. The van der Waals surface area contributed by atoms with Crippen LogP contribution < -0.4 is 0 Å². The molecular weight excluding hydrogens is 483 g/mol. The summed E-state index contributed by atoms with van der Waals surface area (Å²) in [6.45, 7) is 2.85.